The summed E-state index contributed by atoms with van der Waals surface area (Å²) in [5, 5.41) is 0. The first-order valence-electron chi connectivity index (χ1n) is 14.4. The molecule has 1 amide bonds. The monoisotopic (exact) mass is 585 g/mol. The second kappa shape index (κ2) is 15.3. The van der Waals surface area contributed by atoms with Crippen molar-refractivity contribution in [2.45, 2.75) is 65.8 Å². The highest BCUT2D eigenvalue weighted by molar-refractivity contribution is 7.59. The van der Waals surface area contributed by atoms with Gasteiger partial charge in [-0.1, -0.05) is 60.7 Å². The lowest BCUT2D eigenvalue weighted by Gasteiger charge is -2.26. The van der Waals surface area contributed by atoms with E-state index in [1.165, 1.54) is 10.5 Å². The number of carbonyl (C=O) groups excluding carboxylic acids is 3. The molecule has 0 bridgehead atoms. The zero-order valence-electron chi connectivity index (χ0n) is 24.8. The summed E-state index contributed by atoms with van der Waals surface area (Å²) in [7, 11) is -3.26. The van der Waals surface area contributed by atoms with E-state index in [1.54, 1.807) is 27.7 Å². The topological polar surface area (TPSA) is 99.2 Å². The Balaban J connectivity index is 1.65. The molecule has 41 heavy (non-hydrogen) atoms. The Morgan fingerprint density at radius 3 is 2.17 bits per heavy atom. The highest BCUT2D eigenvalue weighted by Gasteiger charge is 2.42. The highest BCUT2D eigenvalue weighted by atomic mass is 31.2. The van der Waals surface area contributed by atoms with E-state index in [-0.39, 0.29) is 24.6 Å². The number of likely N-dealkylation sites (tertiary alicyclic amines) is 1. The third kappa shape index (κ3) is 10.4. The van der Waals surface area contributed by atoms with Gasteiger partial charge in [-0.15, -0.1) is 0 Å². The number of unbranched alkanes of at least 4 members (excludes halogenated alkanes) is 1. The minimum atomic E-state index is -3.26. The molecule has 1 heterocycles. The van der Waals surface area contributed by atoms with Gasteiger partial charge < -0.3 is 18.9 Å². The van der Waals surface area contributed by atoms with Gasteiger partial charge >= 0.3 is 11.9 Å². The summed E-state index contributed by atoms with van der Waals surface area (Å²) in [6.45, 7) is 6.96. The van der Waals surface area contributed by atoms with Crippen LogP contribution in [-0.4, -0.2) is 61.1 Å². The van der Waals surface area contributed by atoms with Crippen molar-refractivity contribution in [3.05, 3.63) is 71.8 Å². The number of ether oxygens (including phenoxy) is 2. The normalized spacial score (nSPS) is 18.5. The molecule has 1 aliphatic heterocycles. The average molecular weight is 586 g/mol. The zero-order chi connectivity index (χ0) is 29.9. The van der Waals surface area contributed by atoms with Crippen LogP contribution in [0.5, 0.6) is 0 Å². The molecule has 8 nitrogen and oxygen atoms in total. The predicted molar refractivity (Wildman–Crippen MR) is 159 cm³/mol. The molecule has 0 spiro atoms. The summed E-state index contributed by atoms with van der Waals surface area (Å²) < 4.78 is 29.8. The van der Waals surface area contributed by atoms with E-state index in [4.69, 9.17) is 14.0 Å². The molecule has 2 aromatic carbocycles. The molecule has 0 aromatic heterocycles. The van der Waals surface area contributed by atoms with E-state index in [2.05, 4.69) is 12.1 Å². The SMILES string of the molecule is CCOP(=O)(CCCCc1ccccc1)CC(=O)N1C[C@@H](Cc2ccccc2)C[C@H]1C(=O)OCOC(=O)C(C)(C)C. The quantitative estimate of drug-likeness (QED) is 0.118. The molecule has 1 unspecified atom stereocenters. The van der Waals surface area contributed by atoms with Crippen molar-refractivity contribution < 1.29 is 32.9 Å². The summed E-state index contributed by atoms with van der Waals surface area (Å²) in [4.78, 5) is 40.3. The van der Waals surface area contributed by atoms with E-state index in [0.29, 0.717) is 32.0 Å². The van der Waals surface area contributed by atoms with Crippen molar-refractivity contribution in [3.63, 3.8) is 0 Å². The van der Waals surface area contributed by atoms with Crippen molar-refractivity contribution >= 4 is 25.2 Å². The van der Waals surface area contributed by atoms with Crippen LogP contribution in [0.4, 0.5) is 0 Å². The standard InChI is InChI=1S/C32H44NO7P/c1-5-40-41(37,19-13-12-16-25-14-8-6-9-15-25)23-29(34)33-22-27(20-26-17-10-7-11-18-26)21-28(33)30(35)38-24-39-31(36)32(2,3)4/h6-11,14-15,17-18,27-28H,5,12-13,16,19-24H2,1-4H3/t27-,28-,41?/m0/s1. The summed E-state index contributed by atoms with van der Waals surface area (Å²) >= 11 is 0. The first kappa shape index (κ1) is 32.6. The zero-order valence-corrected chi connectivity index (χ0v) is 25.6. The van der Waals surface area contributed by atoms with Gasteiger partial charge in [0.05, 0.1) is 12.0 Å². The number of hydrogen-bond donors (Lipinski definition) is 0. The maximum atomic E-state index is 13.7. The minimum absolute atomic E-state index is 0.0216. The third-order valence-electron chi connectivity index (χ3n) is 7.15. The number of nitrogens with zero attached hydrogens (tertiary/aromatic N) is 1. The lowest BCUT2D eigenvalue weighted by Crippen LogP contribution is -2.43. The van der Waals surface area contributed by atoms with Gasteiger partial charge in [0.1, 0.15) is 12.2 Å². The summed E-state index contributed by atoms with van der Waals surface area (Å²) in [6.07, 6.45) is 3.51. The van der Waals surface area contributed by atoms with Gasteiger partial charge in [-0.3, -0.25) is 14.2 Å². The Bertz CT molecular complexity index is 1180. The second-order valence-corrected chi connectivity index (χ2v) is 14.3. The largest absolute Gasteiger partial charge is 0.427 e. The van der Waals surface area contributed by atoms with Crippen molar-refractivity contribution in [3.8, 4) is 0 Å². The van der Waals surface area contributed by atoms with Crippen molar-refractivity contribution in [1.82, 2.24) is 4.90 Å². The molecule has 0 aliphatic carbocycles. The molecular formula is C32H44NO7P. The Labute approximate surface area is 244 Å². The molecule has 1 aliphatic rings. The first-order chi connectivity index (χ1) is 19.5. The number of aryl methyl sites for hydroxylation is 1. The molecule has 0 radical (unpaired) electrons. The van der Waals surface area contributed by atoms with Crippen LogP contribution < -0.4 is 0 Å². The van der Waals surface area contributed by atoms with Gasteiger partial charge in [-0.25, -0.2) is 4.79 Å². The summed E-state index contributed by atoms with van der Waals surface area (Å²) in [5.41, 5.74) is 1.59. The predicted octanol–water partition coefficient (Wildman–Crippen LogP) is 5.87. The van der Waals surface area contributed by atoms with Gasteiger partial charge in [-0.2, -0.15) is 0 Å². The van der Waals surface area contributed by atoms with Crippen LogP contribution in [0.15, 0.2) is 60.7 Å². The average Bonchev–Trinajstić information content (AvgIpc) is 3.36. The molecule has 1 saturated heterocycles. The fourth-order valence-corrected chi connectivity index (χ4v) is 7.17. The minimum Gasteiger partial charge on any atom is -0.427 e. The fraction of sp³-hybridized carbons (Fsp3) is 0.531. The summed E-state index contributed by atoms with van der Waals surface area (Å²) in [6, 6.07) is 19.1. The van der Waals surface area contributed by atoms with Crippen LogP contribution >= 0.6 is 7.37 Å². The lowest BCUT2D eigenvalue weighted by molar-refractivity contribution is -0.176. The van der Waals surface area contributed by atoms with E-state index in [1.807, 2.05) is 48.5 Å². The van der Waals surface area contributed by atoms with Crippen LogP contribution in [0.3, 0.4) is 0 Å². The number of carbonyl (C=O) groups is 3. The maximum absolute atomic E-state index is 13.7. The van der Waals surface area contributed by atoms with Crippen LogP contribution in [-0.2, 0) is 45.8 Å². The Kier molecular flexibility index (Phi) is 12.2. The van der Waals surface area contributed by atoms with Gasteiger partial charge in [0.25, 0.3) is 0 Å². The molecule has 3 atom stereocenters. The first-order valence-corrected chi connectivity index (χ1v) is 16.4. The van der Waals surface area contributed by atoms with Gasteiger partial charge in [0, 0.05) is 12.7 Å². The van der Waals surface area contributed by atoms with Crippen molar-refractivity contribution in [2.75, 3.05) is 32.3 Å². The van der Waals surface area contributed by atoms with Crippen molar-refractivity contribution in [1.29, 1.82) is 0 Å². The van der Waals surface area contributed by atoms with E-state index in [0.717, 1.165) is 18.4 Å². The van der Waals surface area contributed by atoms with E-state index < -0.39 is 37.6 Å². The molecule has 3 rings (SSSR count). The maximum Gasteiger partial charge on any atom is 0.331 e. The molecule has 2 aromatic rings. The lowest BCUT2D eigenvalue weighted by atomic mass is 9.97. The number of benzene rings is 2. The molecule has 0 N–H and O–H groups in total. The Morgan fingerprint density at radius 1 is 0.927 bits per heavy atom. The number of hydrogen-bond acceptors (Lipinski definition) is 7. The molecule has 224 valence electrons. The van der Waals surface area contributed by atoms with Crippen LogP contribution in [0, 0.1) is 11.3 Å². The molecular weight excluding hydrogens is 541 g/mol. The molecule has 1 fully saturated rings. The third-order valence-corrected chi connectivity index (χ3v) is 9.63. The van der Waals surface area contributed by atoms with E-state index in [9.17, 15) is 18.9 Å². The van der Waals surface area contributed by atoms with Crippen LogP contribution in [0.2, 0.25) is 0 Å². The molecule has 0 saturated carbocycles. The number of esters is 2. The summed E-state index contributed by atoms with van der Waals surface area (Å²) in [5.74, 6) is -1.48. The highest BCUT2D eigenvalue weighted by Crippen LogP contribution is 2.48. The second-order valence-electron chi connectivity index (χ2n) is 11.7. The van der Waals surface area contributed by atoms with Gasteiger partial charge in [0.15, 0.2) is 0 Å². The van der Waals surface area contributed by atoms with Crippen LogP contribution in [0.25, 0.3) is 0 Å². The van der Waals surface area contributed by atoms with Gasteiger partial charge in [0.2, 0.25) is 20.1 Å². The molecule has 9 heteroatoms. The Hall–Kier alpha value is -2.96. The fourth-order valence-electron chi connectivity index (χ4n) is 5.02. The van der Waals surface area contributed by atoms with Crippen LogP contribution in [0.1, 0.15) is 58.1 Å². The van der Waals surface area contributed by atoms with Gasteiger partial charge in [-0.05, 0) is 76.8 Å². The number of amides is 1. The number of rotatable bonds is 14. The van der Waals surface area contributed by atoms with Crippen molar-refractivity contribution in [2.24, 2.45) is 11.3 Å². The Morgan fingerprint density at radius 2 is 1.56 bits per heavy atom. The smallest absolute Gasteiger partial charge is 0.331 e. The van der Waals surface area contributed by atoms with E-state index >= 15 is 0 Å².